The molecule has 4 nitrogen and oxygen atoms in total. The predicted octanol–water partition coefficient (Wildman–Crippen LogP) is 0.0197. The van der Waals surface area contributed by atoms with Crippen molar-refractivity contribution in [3.05, 3.63) is 0 Å². The molecule has 1 fully saturated rings. The Labute approximate surface area is 92.8 Å². The van der Waals surface area contributed by atoms with E-state index in [4.69, 9.17) is 9.84 Å². The van der Waals surface area contributed by atoms with Crippen LogP contribution in [0.1, 0.15) is 13.8 Å². The number of likely N-dealkylation sites (N-methyl/N-ethyl adjacent to an activating group) is 2. The van der Waals surface area contributed by atoms with Crippen molar-refractivity contribution in [3.8, 4) is 0 Å². The molecule has 0 saturated carbocycles. The van der Waals surface area contributed by atoms with Crippen LogP contribution in [0.25, 0.3) is 0 Å². The molecule has 90 valence electrons. The van der Waals surface area contributed by atoms with Crippen molar-refractivity contribution in [2.45, 2.75) is 26.0 Å². The summed E-state index contributed by atoms with van der Waals surface area (Å²) < 4.78 is 5.71. The lowest BCUT2D eigenvalue weighted by atomic mass is 10.2. The normalized spacial score (nSPS) is 25.8. The Bertz CT molecular complexity index is 178. The number of morpholine rings is 1. The monoisotopic (exact) mass is 216 g/mol. The lowest BCUT2D eigenvalue weighted by Crippen LogP contribution is -2.48. The summed E-state index contributed by atoms with van der Waals surface area (Å²) in [6.07, 6.45) is 0.290. The van der Waals surface area contributed by atoms with Crippen LogP contribution in [0.2, 0.25) is 0 Å². The topological polar surface area (TPSA) is 35.9 Å². The molecule has 1 aliphatic heterocycles. The molecule has 0 amide bonds. The SMILES string of the molecule is CCN1CCOC(CN(C)C(C)CO)C1. The zero-order valence-corrected chi connectivity index (χ0v) is 10.1. The average molecular weight is 216 g/mol. The standard InChI is InChI=1S/C11H24N2O2/c1-4-13-5-6-15-11(8-13)7-12(3)10(2)9-14/h10-11,14H,4-9H2,1-3H3. The number of aliphatic hydroxyl groups excluding tert-OH is 1. The van der Waals surface area contributed by atoms with E-state index in [0.29, 0.717) is 0 Å². The third-order valence-corrected chi connectivity index (χ3v) is 3.18. The molecule has 15 heavy (non-hydrogen) atoms. The van der Waals surface area contributed by atoms with Crippen LogP contribution < -0.4 is 0 Å². The Morgan fingerprint density at radius 2 is 2.33 bits per heavy atom. The molecule has 1 aliphatic rings. The zero-order chi connectivity index (χ0) is 11.3. The van der Waals surface area contributed by atoms with Crippen molar-refractivity contribution in [3.63, 3.8) is 0 Å². The van der Waals surface area contributed by atoms with Gasteiger partial charge in [-0.05, 0) is 20.5 Å². The van der Waals surface area contributed by atoms with E-state index in [-0.39, 0.29) is 18.8 Å². The first-order valence-corrected chi connectivity index (χ1v) is 5.82. The molecular weight excluding hydrogens is 192 g/mol. The van der Waals surface area contributed by atoms with Gasteiger partial charge in [-0.25, -0.2) is 0 Å². The smallest absolute Gasteiger partial charge is 0.0829 e. The van der Waals surface area contributed by atoms with Crippen LogP contribution in [0.4, 0.5) is 0 Å². The fraction of sp³-hybridized carbons (Fsp3) is 1.00. The third-order valence-electron chi connectivity index (χ3n) is 3.18. The number of rotatable bonds is 5. The molecule has 1 N–H and O–H groups in total. The van der Waals surface area contributed by atoms with E-state index in [2.05, 4.69) is 16.7 Å². The predicted molar refractivity (Wildman–Crippen MR) is 61.0 cm³/mol. The minimum Gasteiger partial charge on any atom is -0.395 e. The first-order chi connectivity index (χ1) is 7.17. The van der Waals surface area contributed by atoms with Crippen molar-refractivity contribution in [1.82, 2.24) is 9.80 Å². The minimum atomic E-state index is 0.209. The summed E-state index contributed by atoms with van der Waals surface area (Å²) in [6.45, 7) is 9.31. The first kappa shape index (κ1) is 12.9. The molecule has 0 spiro atoms. The second kappa shape index (κ2) is 6.43. The average Bonchev–Trinajstić information content (AvgIpc) is 2.28. The Morgan fingerprint density at radius 1 is 1.60 bits per heavy atom. The van der Waals surface area contributed by atoms with E-state index in [9.17, 15) is 0 Å². The van der Waals surface area contributed by atoms with Crippen LogP contribution in [0.5, 0.6) is 0 Å². The number of aliphatic hydroxyl groups is 1. The summed E-state index contributed by atoms with van der Waals surface area (Å²) >= 11 is 0. The summed E-state index contributed by atoms with van der Waals surface area (Å²) in [5, 5.41) is 9.04. The molecule has 2 atom stereocenters. The molecule has 0 aromatic heterocycles. The maximum Gasteiger partial charge on any atom is 0.0829 e. The summed E-state index contributed by atoms with van der Waals surface area (Å²) in [6, 6.07) is 0.214. The molecule has 0 radical (unpaired) electrons. The number of hydrogen-bond acceptors (Lipinski definition) is 4. The van der Waals surface area contributed by atoms with Gasteiger partial charge in [-0.2, -0.15) is 0 Å². The molecule has 0 aromatic carbocycles. The van der Waals surface area contributed by atoms with Crippen molar-refractivity contribution in [2.24, 2.45) is 0 Å². The summed E-state index contributed by atoms with van der Waals surface area (Å²) in [7, 11) is 2.04. The van der Waals surface area contributed by atoms with Crippen LogP contribution in [0, 0.1) is 0 Å². The maximum absolute atomic E-state index is 9.04. The molecule has 1 saturated heterocycles. The molecule has 1 heterocycles. The first-order valence-electron chi connectivity index (χ1n) is 5.82. The Hall–Kier alpha value is -0.160. The molecule has 0 aliphatic carbocycles. The van der Waals surface area contributed by atoms with Gasteiger partial charge in [-0.15, -0.1) is 0 Å². The lowest BCUT2D eigenvalue weighted by Gasteiger charge is -2.35. The Kier molecular flexibility index (Phi) is 5.53. The van der Waals surface area contributed by atoms with Crippen LogP contribution in [0.3, 0.4) is 0 Å². The van der Waals surface area contributed by atoms with Gasteiger partial charge in [0, 0.05) is 25.7 Å². The second-order valence-corrected chi connectivity index (χ2v) is 4.36. The van der Waals surface area contributed by atoms with Gasteiger partial charge in [0.25, 0.3) is 0 Å². The van der Waals surface area contributed by atoms with Crippen molar-refractivity contribution in [2.75, 3.05) is 46.4 Å². The fourth-order valence-electron chi connectivity index (χ4n) is 1.82. The van der Waals surface area contributed by atoms with E-state index in [1.54, 1.807) is 0 Å². The van der Waals surface area contributed by atoms with E-state index >= 15 is 0 Å². The fourth-order valence-corrected chi connectivity index (χ4v) is 1.82. The molecule has 4 heteroatoms. The minimum absolute atomic E-state index is 0.209. The van der Waals surface area contributed by atoms with Crippen molar-refractivity contribution < 1.29 is 9.84 Å². The van der Waals surface area contributed by atoms with Crippen LogP contribution in [-0.2, 0) is 4.74 Å². The van der Waals surface area contributed by atoms with E-state index in [1.807, 2.05) is 14.0 Å². The number of nitrogens with zero attached hydrogens (tertiary/aromatic N) is 2. The van der Waals surface area contributed by atoms with E-state index < -0.39 is 0 Å². The summed E-state index contributed by atoms with van der Waals surface area (Å²) in [4.78, 5) is 4.56. The van der Waals surface area contributed by atoms with E-state index in [1.165, 1.54) is 0 Å². The van der Waals surface area contributed by atoms with Gasteiger partial charge >= 0.3 is 0 Å². The third kappa shape index (κ3) is 4.07. The largest absolute Gasteiger partial charge is 0.395 e. The highest BCUT2D eigenvalue weighted by Crippen LogP contribution is 2.07. The van der Waals surface area contributed by atoms with Gasteiger partial charge in [0.05, 0.1) is 19.3 Å². The number of hydrogen-bond donors (Lipinski definition) is 1. The van der Waals surface area contributed by atoms with Gasteiger partial charge in [0.15, 0.2) is 0 Å². The Morgan fingerprint density at radius 3 is 2.93 bits per heavy atom. The quantitative estimate of drug-likeness (QED) is 0.703. The number of ether oxygens (including phenoxy) is 1. The highest BCUT2D eigenvalue weighted by atomic mass is 16.5. The zero-order valence-electron chi connectivity index (χ0n) is 10.1. The molecule has 2 unspecified atom stereocenters. The summed E-state index contributed by atoms with van der Waals surface area (Å²) in [5.41, 5.74) is 0. The molecule has 1 rings (SSSR count). The van der Waals surface area contributed by atoms with Crippen LogP contribution >= 0.6 is 0 Å². The van der Waals surface area contributed by atoms with Crippen LogP contribution in [-0.4, -0.2) is 73.5 Å². The second-order valence-electron chi connectivity index (χ2n) is 4.36. The molecular formula is C11H24N2O2. The van der Waals surface area contributed by atoms with Gasteiger partial charge in [0.2, 0.25) is 0 Å². The van der Waals surface area contributed by atoms with Crippen LogP contribution in [0.15, 0.2) is 0 Å². The van der Waals surface area contributed by atoms with Crippen molar-refractivity contribution >= 4 is 0 Å². The van der Waals surface area contributed by atoms with E-state index in [0.717, 1.165) is 32.8 Å². The Balaban J connectivity index is 2.31. The molecule has 0 aromatic rings. The van der Waals surface area contributed by atoms with Crippen molar-refractivity contribution in [1.29, 1.82) is 0 Å². The molecule has 0 bridgehead atoms. The lowest BCUT2D eigenvalue weighted by molar-refractivity contribution is -0.0448. The summed E-state index contributed by atoms with van der Waals surface area (Å²) in [5.74, 6) is 0. The van der Waals surface area contributed by atoms with Gasteiger partial charge in [-0.3, -0.25) is 9.80 Å². The van der Waals surface area contributed by atoms with Gasteiger partial charge < -0.3 is 9.84 Å². The highest BCUT2D eigenvalue weighted by molar-refractivity contribution is 4.75. The maximum atomic E-state index is 9.04. The highest BCUT2D eigenvalue weighted by Gasteiger charge is 2.21. The van der Waals surface area contributed by atoms with Gasteiger partial charge in [-0.1, -0.05) is 6.92 Å². The van der Waals surface area contributed by atoms with Gasteiger partial charge in [0.1, 0.15) is 0 Å².